The number of hydrogen-bond donors (Lipinski definition) is 0. The first-order chi connectivity index (χ1) is 25.2. The maximum atomic E-state index is 14.6. The maximum absolute atomic E-state index is 14.6. The second-order valence-corrected chi connectivity index (χ2v) is 11.8. The second-order valence-electron chi connectivity index (χ2n) is 11.8. The average Bonchev–Trinajstić information content (AvgIpc) is 3.72. The van der Waals surface area contributed by atoms with Crippen molar-refractivity contribution in [3.63, 3.8) is 0 Å². The van der Waals surface area contributed by atoms with Crippen molar-refractivity contribution in [1.82, 2.24) is 44.4 Å². The molecule has 0 spiro atoms. The monoisotopic (exact) mass is 813 g/mol. The predicted octanol–water partition coefficient (Wildman–Crippen LogP) is 9.30. The number of alkyl halides is 10. The Labute approximate surface area is 311 Å². The molecule has 5 heterocycles. The van der Waals surface area contributed by atoms with Crippen LogP contribution in [-0.2, 0) is 0 Å². The molecule has 0 aliphatic carbocycles. The first-order valence-corrected chi connectivity index (χ1v) is 15.5. The lowest BCUT2D eigenvalue weighted by molar-refractivity contribution is -0.274. The number of benzene rings is 1. The van der Waals surface area contributed by atoms with Gasteiger partial charge < -0.3 is 9.47 Å². The molecule has 1 aromatic carbocycles. The predicted molar refractivity (Wildman–Crippen MR) is 179 cm³/mol. The maximum Gasteiger partial charge on any atom is 0.573 e. The summed E-state index contributed by atoms with van der Waals surface area (Å²) in [6.45, 7) is 5.24. The van der Waals surface area contributed by atoms with Crippen molar-refractivity contribution >= 4 is 24.8 Å². The van der Waals surface area contributed by atoms with Crippen molar-refractivity contribution < 1.29 is 59.2 Å². The Hall–Kier alpha value is -5.35. The largest absolute Gasteiger partial charge is 0.573 e. The van der Waals surface area contributed by atoms with Crippen molar-refractivity contribution in [2.24, 2.45) is 5.92 Å². The van der Waals surface area contributed by atoms with Gasteiger partial charge in [0.25, 0.3) is 18.7 Å². The quantitative estimate of drug-likeness (QED) is 0.132. The fourth-order valence-corrected chi connectivity index (χ4v) is 5.00. The number of pyridine rings is 1. The van der Waals surface area contributed by atoms with Gasteiger partial charge in [0, 0.05) is 24.9 Å². The van der Waals surface area contributed by atoms with Gasteiger partial charge in [-0.15, -0.1) is 33.6 Å². The van der Waals surface area contributed by atoms with E-state index in [9.17, 15) is 48.3 Å². The molecule has 0 fully saturated rings. The Morgan fingerprint density at radius 1 is 0.800 bits per heavy atom. The summed E-state index contributed by atoms with van der Waals surface area (Å²) in [5.74, 6) is -5.08. The van der Waals surface area contributed by atoms with Gasteiger partial charge in [-0.1, -0.05) is 6.92 Å². The van der Waals surface area contributed by atoms with Gasteiger partial charge in [0.05, 0.1) is 23.5 Å². The molecule has 0 aliphatic heterocycles. The first-order valence-electron chi connectivity index (χ1n) is 15.5. The van der Waals surface area contributed by atoms with E-state index in [1.807, 2.05) is 0 Å². The van der Waals surface area contributed by atoms with Crippen LogP contribution in [0.1, 0.15) is 58.7 Å². The van der Waals surface area contributed by atoms with Gasteiger partial charge in [0.1, 0.15) is 11.4 Å². The van der Waals surface area contributed by atoms with Gasteiger partial charge in [-0.3, -0.25) is 9.38 Å². The zero-order chi connectivity index (χ0) is 39.7. The molecule has 0 amide bonds. The normalized spacial score (nSPS) is 13.7. The number of halogens is 11. The highest BCUT2D eigenvalue weighted by Crippen LogP contribution is 2.39. The molecular formula is C32H30F11N9O2S. The van der Waals surface area contributed by atoms with Crippen LogP contribution in [0.2, 0.25) is 0 Å². The smallest absolute Gasteiger partial charge is 0.469 e. The van der Waals surface area contributed by atoms with Crippen molar-refractivity contribution in [2.75, 3.05) is 0 Å². The van der Waals surface area contributed by atoms with Crippen LogP contribution in [0.15, 0.2) is 55.0 Å². The Bertz CT molecular complexity index is 2270. The summed E-state index contributed by atoms with van der Waals surface area (Å²) >= 11 is 0. The molecule has 0 saturated heterocycles. The lowest BCUT2D eigenvalue weighted by Crippen LogP contribution is -2.46. The highest BCUT2D eigenvalue weighted by atomic mass is 32.1. The number of rotatable bonds is 9. The molecule has 2 unspecified atom stereocenters. The molecule has 23 heteroatoms. The van der Waals surface area contributed by atoms with E-state index in [1.54, 1.807) is 6.92 Å². The molecule has 0 bridgehead atoms. The van der Waals surface area contributed by atoms with Crippen LogP contribution in [0, 0.1) is 18.7 Å². The minimum absolute atomic E-state index is 0. The Balaban J connectivity index is 0.000000296. The molecule has 6 aromatic rings. The SMILES string of the molecule is CCC(C)(Oc1ncc(-c2cn3c(C(F)F)nnc3cn2)cc1F)C(C)C(F)(F)F.Cc1cc(OC(F)(F)F)ccc1-c1ccc2nnc(C(F)F)n2n1.S.[HH]. The Morgan fingerprint density at radius 3 is 2.04 bits per heavy atom. The zero-order valence-electron chi connectivity index (χ0n) is 28.6. The third-order valence-electron chi connectivity index (χ3n) is 8.25. The van der Waals surface area contributed by atoms with Crippen LogP contribution in [0.4, 0.5) is 48.3 Å². The van der Waals surface area contributed by atoms with E-state index in [-0.39, 0.29) is 49.6 Å². The van der Waals surface area contributed by atoms with Crippen LogP contribution in [0.5, 0.6) is 11.6 Å². The highest BCUT2D eigenvalue weighted by Gasteiger charge is 2.49. The molecule has 6 rings (SSSR count). The third kappa shape index (κ3) is 9.49. The summed E-state index contributed by atoms with van der Waals surface area (Å²) in [6, 6.07) is 7.61. The van der Waals surface area contributed by atoms with Gasteiger partial charge in [0.2, 0.25) is 11.6 Å². The molecule has 0 aliphatic rings. The number of fused-ring (bicyclic) bond motifs is 2. The Morgan fingerprint density at radius 2 is 1.45 bits per heavy atom. The number of nitrogens with zero attached hydrogens (tertiary/aromatic N) is 9. The minimum Gasteiger partial charge on any atom is -0.469 e. The summed E-state index contributed by atoms with van der Waals surface area (Å²) in [6.07, 6.45) is -11.6. The average molecular weight is 814 g/mol. The molecular weight excluding hydrogens is 783 g/mol. The van der Waals surface area contributed by atoms with E-state index < -0.39 is 60.3 Å². The molecule has 0 saturated carbocycles. The van der Waals surface area contributed by atoms with Gasteiger partial charge in [-0.25, -0.2) is 26.9 Å². The summed E-state index contributed by atoms with van der Waals surface area (Å²) in [7, 11) is 0. The van der Waals surface area contributed by atoms with E-state index in [0.717, 1.165) is 34.2 Å². The van der Waals surface area contributed by atoms with Gasteiger partial charge >= 0.3 is 12.5 Å². The van der Waals surface area contributed by atoms with E-state index in [4.69, 9.17) is 4.74 Å². The number of aryl methyl sites for hydroxylation is 1. The standard InChI is InChI=1S/C18H17F6N5O.C14H9F5N4O.H2S.H2/c1-4-17(3,9(2)18(22,23)24)30-16-11(19)5-10(6-26-16)12-8-29-13(7-25-12)27-28-15(29)14(20)21;1-7-6-8(24-14(17,18)19)2-3-9(7)10-4-5-11-20-21-13(12(15)16)23(11)22-10;;/h5-9,14H,4H2,1-3H3;2-6,12H,1H3;1H2;1H. The number of ether oxygens (including phenoxy) is 2. The van der Waals surface area contributed by atoms with Gasteiger partial charge in [0.15, 0.2) is 17.1 Å². The van der Waals surface area contributed by atoms with Gasteiger partial charge in [-0.2, -0.15) is 36.3 Å². The van der Waals surface area contributed by atoms with Crippen LogP contribution in [-0.4, -0.2) is 62.5 Å². The summed E-state index contributed by atoms with van der Waals surface area (Å²) in [5, 5.41) is 17.9. The van der Waals surface area contributed by atoms with Crippen molar-refractivity contribution in [3.8, 4) is 34.1 Å². The molecule has 5 aromatic heterocycles. The van der Waals surface area contributed by atoms with E-state index in [2.05, 4.69) is 40.2 Å². The molecule has 11 nitrogen and oxygen atoms in total. The fourth-order valence-electron chi connectivity index (χ4n) is 5.00. The van der Waals surface area contributed by atoms with Crippen molar-refractivity contribution in [3.05, 3.63) is 78.0 Å². The van der Waals surface area contributed by atoms with Crippen LogP contribution >= 0.6 is 13.5 Å². The van der Waals surface area contributed by atoms with Crippen LogP contribution < -0.4 is 9.47 Å². The summed E-state index contributed by atoms with van der Waals surface area (Å²) in [5.41, 5.74) is -0.122. The molecule has 2 atom stereocenters. The Kier molecular flexibility index (Phi) is 12.5. The molecule has 298 valence electrons. The summed E-state index contributed by atoms with van der Waals surface area (Å²) in [4.78, 5) is 7.79. The zero-order valence-corrected chi connectivity index (χ0v) is 29.6. The lowest BCUT2D eigenvalue weighted by atomic mass is 9.87. The molecule has 0 N–H and O–H groups in total. The van der Waals surface area contributed by atoms with Crippen molar-refractivity contribution in [1.29, 1.82) is 0 Å². The topological polar surface area (TPSA) is 118 Å². The number of hydrogen-bond acceptors (Lipinski definition) is 9. The third-order valence-corrected chi connectivity index (χ3v) is 8.25. The molecule has 0 radical (unpaired) electrons. The summed E-state index contributed by atoms with van der Waals surface area (Å²) < 4.78 is 154. The first kappa shape index (κ1) is 42.4. The number of aromatic nitrogens is 9. The van der Waals surface area contributed by atoms with E-state index in [0.29, 0.717) is 16.8 Å². The van der Waals surface area contributed by atoms with E-state index >= 15 is 0 Å². The lowest BCUT2D eigenvalue weighted by Gasteiger charge is -2.36. The highest BCUT2D eigenvalue weighted by molar-refractivity contribution is 7.59. The molecule has 55 heavy (non-hydrogen) atoms. The fraction of sp³-hybridized carbons (Fsp3) is 0.344. The minimum atomic E-state index is -4.79. The van der Waals surface area contributed by atoms with Crippen molar-refractivity contribution in [2.45, 2.75) is 65.1 Å². The van der Waals surface area contributed by atoms with E-state index in [1.165, 1.54) is 50.5 Å². The van der Waals surface area contributed by atoms with Crippen LogP contribution in [0.25, 0.3) is 33.8 Å². The van der Waals surface area contributed by atoms with Gasteiger partial charge in [-0.05, 0) is 69.2 Å². The van der Waals surface area contributed by atoms with Crippen LogP contribution in [0.3, 0.4) is 0 Å². The second kappa shape index (κ2) is 16.2.